The molecule has 2 aromatic carbocycles. The molecule has 0 aromatic heterocycles. The van der Waals surface area contributed by atoms with Crippen molar-refractivity contribution in [2.75, 3.05) is 60.7 Å². The van der Waals surface area contributed by atoms with Crippen molar-refractivity contribution in [3.63, 3.8) is 0 Å². The number of carbonyl (C=O) groups excluding carboxylic acids is 3. The molecule has 1 fully saturated rings. The van der Waals surface area contributed by atoms with E-state index in [2.05, 4.69) is 15.0 Å². The van der Waals surface area contributed by atoms with Gasteiger partial charge in [-0.3, -0.25) is 14.5 Å². The number of morpholine rings is 1. The van der Waals surface area contributed by atoms with Gasteiger partial charge in [-0.05, 0) is 41.8 Å². The van der Waals surface area contributed by atoms with Crippen molar-refractivity contribution in [3.05, 3.63) is 54.1 Å². The molecule has 0 spiro atoms. The molecular formula is C26H33N3O6. The highest BCUT2D eigenvalue weighted by Crippen LogP contribution is 2.23. The van der Waals surface area contributed by atoms with Gasteiger partial charge in [-0.25, -0.2) is 4.79 Å². The van der Waals surface area contributed by atoms with Crippen molar-refractivity contribution in [1.29, 1.82) is 0 Å². The van der Waals surface area contributed by atoms with E-state index in [1.54, 1.807) is 12.1 Å². The highest BCUT2D eigenvalue weighted by atomic mass is 16.5. The van der Waals surface area contributed by atoms with E-state index in [9.17, 15) is 14.4 Å². The maximum atomic E-state index is 12.9. The molecule has 1 heterocycles. The van der Waals surface area contributed by atoms with Crippen LogP contribution in [0.25, 0.3) is 11.1 Å². The molecule has 0 saturated carbocycles. The Morgan fingerprint density at radius 1 is 1.03 bits per heavy atom. The zero-order valence-electron chi connectivity index (χ0n) is 20.5. The number of methoxy groups -OCH3 is 1. The summed E-state index contributed by atoms with van der Waals surface area (Å²) < 4.78 is 15.9. The third-order valence-corrected chi connectivity index (χ3v) is 5.94. The van der Waals surface area contributed by atoms with Crippen LogP contribution in [-0.2, 0) is 19.1 Å². The predicted molar refractivity (Wildman–Crippen MR) is 131 cm³/mol. The van der Waals surface area contributed by atoms with Crippen LogP contribution in [0.5, 0.6) is 5.75 Å². The number of nitrogens with zero attached hydrogens (tertiary/aromatic N) is 2. The van der Waals surface area contributed by atoms with Crippen molar-refractivity contribution in [3.8, 4) is 16.9 Å². The number of hydrogen-bond acceptors (Lipinski definition) is 7. The van der Waals surface area contributed by atoms with E-state index in [1.165, 1.54) is 21.2 Å². The quantitative estimate of drug-likeness (QED) is 0.313. The van der Waals surface area contributed by atoms with Crippen molar-refractivity contribution < 1.29 is 28.6 Å². The topological polar surface area (TPSA) is 97.4 Å². The Hall–Kier alpha value is -3.43. The van der Waals surface area contributed by atoms with Crippen LogP contribution in [0.4, 0.5) is 0 Å². The fourth-order valence-electron chi connectivity index (χ4n) is 3.86. The van der Waals surface area contributed by atoms with Crippen LogP contribution in [-0.4, -0.2) is 94.3 Å². The number of carbonyl (C=O) groups is 3. The maximum absolute atomic E-state index is 12.9. The van der Waals surface area contributed by atoms with Gasteiger partial charge < -0.3 is 24.4 Å². The van der Waals surface area contributed by atoms with Gasteiger partial charge in [0.25, 0.3) is 11.8 Å². The average molecular weight is 484 g/mol. The first-order chi connectivity index (χ1) is 16.9. The standard InChI is InChI=1S/C26H33N3O6/c1-27-24(30)23(26(32)33-3)28(2)25(31)21-7-5-19(6-8-21)20-9-11-22(12-10-20)35-16-4-13-29-14-17-34-18-15-29/h5-12,23H,4,13-18H2,1-3H3,(H,27,30). The summed E-state index contributed by atoms with van der Waals surface area (Å²) in [7, 11) is 3.97. The summed E-state index contributed by atoms with van der Waals surface area (Å²) in [6.45, 7) is 5.23. The van der Waals surface area contributed by atoms with Gasteiger partial charge in [0.2, 0.25) is 6.04 Å². The summed E-state index contributed by atoms with van der Waals surface area (Å²) in [5, 5.41) is 2.38. The van der Waals surface area contributed by atoms with Gasteiger partial charge in [-0.1, -0.05) is 24.3 Å². The second-order valence-electron chi connectivity index (χ2n) is 8.21. The van der Waals surface area contributed by atoms with Crippen molar-refractivity contribution in [2.45, 2.75) is 12.5 Å². The van der Waals surface area contributed by atoms with Gasteiger partial charge in [-0.15, -0.1) is 0 Å². The van der Waals surface area contributed by atoms with Crippen LogP contribution in [0.15, 0.2) is 48.5 Å². The predicted octanol–water partition coefficient (Wildman–Crippen LogP) is 1.81. The molecule has 1 N–H and O–H groups in total. The fraction of sp³-hybridized carbons (Fsp3) is 0.423. The molecule has 1 saturated heterocycles. The molecule has 9 heteroatoms. The zero-order chi connectivity index (χ0) is 25.2. The van der Waals surface area contributed by atoms with Crippen LogP contribution in [0, 0.1) is 0 Å². The van der Waals surface area contributed by atoms with E-state index in [4.69, 9.17) is 9.47 Å². The number of esters is 1. The van der Waals surface area contributed by atoms with Crippen LogP contribution >= 0.6 is 0 Å². The van der Waals surface area contributed by atoms with Gasteiger partial charge in [0.15, 0.2) is 0 Å². The van der Waals surface area contributed by atoms with Crippen molar-refractivity contribution >= 4 is 17.8 Å². The SMILES string of the molecule is CNC(=O)C(C(=O)OC)N(C)C(=O)c1ccc(-c2ccc(OCCCN3CCOCC3)cc2)cc1. The lowest BCUT2D eigenvalue weighted by Crippen LogP contribution is -2.51. The fourth-order valence-corrected chi connectivity index (χ4v) is 3.86. The Balaban J connectivity index is 1.56. The third kappa shape index (κ3) is 7.03. The van der Waals surface area contributed by atoms with Crippen LogP contribution < -0.4 is 10.1 Å². The van der Waals surface area contributed by atoms with Gasteiger partial charge >= 0.3 is 5.97 Å². The molecular weight excluding hydrogens is 450 g/mol. The largest absolute Gasteiger partial charge is 0.494 e. The molecule has 1 aliphatic rings. The van der Waals surface area contributed by atoms with Crippen LogP contribution in [0.1, 0.15) is 16.8 Å². The second-order valence-corrected chi connectivity index (χ2v) is 8.21. The Labute approximate surface area is 205 Å². The summed E-state index contributed by atoms with van der Waals surface area (Å²) in [5.74, 6) is -1.07. The molecule has 0 bridgehead atoms. The molecule has 188 valence electrons. The maximum Gasteiger partial charge on any atom is 0.338 e. The first-order valence-corrected chi connectivity index (χ1v) is 11.6. The van der Waals surface area contributed by atoms with E-state index < -0.39 is 23.8 Å². The Morgan fingerprint density at radius 3 is 2.20 bits per heavy atom. The van der Waals surface area contributed by atoms with E-state index in [-0.39, 0.29) is 0 Å². The number of rotatable bonds is 10. The summed E-state index contributed by atoms with van der Waals surface area (Å²) in [6.07, 6.45) is 0.961. The summed E-state index contributed by atoms with van der Waals surface area (Å²) in [5.41, 5.74) is 2.27. The van der Waals surface area contributed by atoms with Crippen LogP contribution in [0.3, 0.4) is 0 Å². The van der Waals surface area contributed by atoms with Crippen molar-refractivity contribution in [1.82, 2.24) is 15.1 Å². The van der Waals surface area contributed by atoms with E-state index in [1.807, 2.05) is 36.4 Å². The monoisotopic (exact) mass is 483 g/mol. The third-order valence-electron chi connectivity index (χ3n) is 5.94. The lowest BCUT2D eigenvalue weighted by molar-refractivity contribution is -0.150. The number of ether oxygens (including phenoxy) is 3. The molecule has 0 aliphatic carbocycles. The van der Waals surface area contributed by atoms with Gasteiger partial charge in [0.05, 0.1) is 26.9 Å². The smallest absolute Gasteiger partial charge is 0.338 e. The number of benzene rings is 2. The number of amides is 2. The first kappa shape index (κ1) is 26.2. The zero-order valence-corrected chi connectivity index (χ0v) is 20.5. The van der Waals surface area contributed by atoms with E-state index in [0.29, 0.717) is 12.2 Å². The summed E-state index contributed by atoms with van der Waals surface area (Å²) in [4.78, 5) is 40.4. The number of hydrogen-bond donors (Lipinski definition) is 1. The van der Waals surface area contributed by atoms with Crippen molar-refractivity contribution in [2.24, 2.45) is 0 Å². The lowest BCUT2D eigenvalue weighted by atomic mass is 10.0. The molecule has 2 aromatic rings. The summed E-state index contributed by atoms with van der Waals surface area (Å²) in [6, 6.07) is 13.4. The minimum atomic E-state index is -1.36. The Morgan fingerprint density at radius 2 is 1.63 bits per heavy atom. The minimum absolute atomic E-state index is 0.356. The van der Waals surface area contributed by atoms with Crippen LogP contribution in [0.2, 0.25) is 0 Å². The first-order valence-electron chi connectivity index (χ1n) is 11.6. The molecule has 3 rings (SSSR count). The highest BCUT2D eigenvalue weighted by molar-refractivity contribution is 6.07. The summed E-state index contributed by atoms with van der Waals surface area (Å²) >= 11 is 0. The number of nitrogens with one attached hydrogen (secondary N) is 1. The minimum Gasteiger partial charge on any atom is -0.494 e. The average Bonchev–Trinajstić information content (AvgIpc) is 2.91. The number of likely N-dealkylation sites (N-methyl/N-ethyl adjacent to an activating group) is 2. The molecule has 35 heavy (non-hydrogen) atoms. The Kier molecular flexibility index (Phi) is 9.63. The molecule has 0 radical (unpaired) electrons. The van der Waals surface area contributed by atoms with E-state index >= 15 is 0 Å². The Bertz CT molecular complexity index is 971. The van der Waals surface area contributed by atoms with Gasteiger partial charge in [-0.2, -0.15) is 0 Å². The molecule has 1 aliphatic heterocycles. The molecule has 2 amide bonds. The van der Waals surface area contributed by atoms with E-state index in [0.717, 1.165) is 61.0 Å². The van der Waals surface area contributed by atoms with Gasteiger partial charge in [0, 0.05) is 39.3 Å². The molecule has 1 unspecified atom stereocenters. The molecule has 9 nitrogen and oxygen atoms in total. The molecule has 1 atom stereocenters. The van der Waals surface area contributed by atoms with Gasteiger partial charge in [0.1, 0.15) is 5.75 Å². The second kappa shape index (κ2) is 12.9. The lowest BCUT2D eigenvalue weighted by Gasteiger charge is -2.26. The normalized spacial score (nSPS) is 14.6. The highest BCUT2D eigenvalue weighted by Gasteiger charge is 2.34.